The first-order valence-corrected chi connectivity index (χ1v) is 8.00. The van der Waals surface area contributed by atoms with Gasteiger partial charge in [0.25, 0.3) is 0 Å². The Morgan fingerprint density at radius 1 is 1.30 bits per heavy atom. The van der Waals surface area contributed by atoms with Gasteiger partial charge >= 0.3 is 12.1 Å². The smallest absolute Gasteiger partial charge is 0.398 e. The van der Waals surface area contributed by atoms with E-state index in [1.54, 1.807) is 19.1 Å². The Morgan fingerprint density at radius 3 is 2.48 bits per heavy atom. The summed E-state index contributed by atoms with van der Waals surface area (Å²) in [7, 11) is 0. The van der Waals surface area contributed by atoms with Gasteiger partial charge < -0.3 is 10.4 Å². The molecule has 2 N–H and O–H groups in total. The minimum atomic E-state index is -4.31. The van der Waals surface area contributed by atoms with Gasteiger partial charge in [0, 0.05) is 4.90 Å². The van der Waals surface area contributed by atoms with E-state index in [-0.39, 0.29) is 0 Å². The Morgan fingerprint density at radius 2 is 1.96 bits per heavy atom. The highest BCUT2D eigenvalue weighted by atomic mass is 32.2. The maximum atomic E-state index is 12.4. The second-order valence-electron chi connectivity index (χ2n) is 5.52. The van der Waals surface area contributed by atoms with E-state index in [1.807, 2.05) is 0 Å². The summed E-state index contributed by atoms with van der Waals surface area (Å²) in [5.41, 5.74) is 1.08. The fourth-order valence-corrected chi connectivity index (χ4v) is 3.11. The number of carboxylic acid groups (broad SMARTS) is 1. The van der Waals surface area contributed by atoms with Gasteiger partial charge in [-0.3, -0.25) is 9.59 Å². The Balaban J connectivity index is 2.10. The summed E-state index contributed by atoms with van der Waals surface area (Å²) in [6, 6.07) is 4.78. The summed E-state index contributed by atoms with van der Waals surface area (Å²) in [5, 5.41) is 11.6. The predicted octanol–water partition coefficient (Wildman–Crippen LogP) is 3.70. The number of anilines is 1. The first-order valence-electron chi connectivity index (χ1n) is 7.01. The first-order chi connectivity index (χ1) is 10.7. The monoisotopic (exact) mass is 347 g/mol. The molecule has 2 unspecified atom stereocenters. The molecule has 4 nitrogen and oxygen atoms in total. The van der Waals surface area contributed by atoms with E-state index in [0.717, 1.165) is 5.56 Å². The molecule has 1 aliphatic rings. The van der Waals surface area contributed by atoms with Gasteiger partial charge in [0.05, 0.1) is 23.3 Å². The van der Waals surface area contributed by atoms with Crippen LogP contribution in [0.2, 0.25) is 0 Å². The Bertz CT molecular complexity index is 618. The molecular weight excluding hydrogens is 331 g/mol. The number of hydrogen-bond acceptors (Lipinski definition) is 3. The van der Waals surface area contributed by atoms with Gasteiger partial charge in [-0.1, -0.05) is 6.07 Å². The molecule has 0 spiro atoms. The average Bonchev–Trinajstić information content (AvgIpc) is 2.34. The van der Waals surface area contributed by atoms with Crippen LogP contribution in [0.25, 0.3) is 0 Å². The Kier molecular flexibility index (Phi) is 5.23. The molecule has 0 radical (unpaired) electrons. The number of rotatable bonds is 5. The first kappa shape index (κ1) is 17.7. The third kappa shape index (κ3) is 4.63. The summed E-state index contributed by atoms with van der Waals surface area (Å²) in [4.78, 5) is 23.5. The molecule has 2 rings (SSSR count). The zero-order valence-electron chi connectivity index (χ0n) is 12.3. The molecular formula is C15H16F3NO3S. The van der Waals surface area contributed by atoms with Gasteiger partial charge in [-0.25, -0.2) is 0 Å². The lowest BCUT2D eigenvalue weighted by atomic mass is 9.73. The van der Waals surface area contributed by atoms with Crippen LogP contribution in [-0.2, 0) is 9.59 Å². The van der Waals surface area contributed by atoms with Crippen molar-refractivity contribution in [3.05, 3.63) is 23.8 Å². The third-order valence-corrected chi connectivity index (χ3v) is 4.85. The van der Waals surface area contributed by atoms with Crippen LogP contribution in [0.4, 0.5) is 18.9 Å². The molecule has 0 heterocycles. The van der Waals surface area contributed by atoms with E-state index in [4.69, 9.17) is 5.11 Å². The fraction of sp³-hybridized carbons (Fsp3) is 0.467. The van der Waals surface area contributed by atoms with Crippen molar-refractivity contribution in [3.8, 4) is 0 Å². The highest BCUT2D eigenvalue weighted by Crippen LogP contribution is 2.37. The lowest BCUT2D eigenvalue weighted by molar-refractivity contribution is -0.151. The summed E-state index contributed by atoms with van der Waals surface area (Å²) in [6.07, 6.45) is -3.39. The summed E-state index contributed by atoms with van der Waals surface area (Å²) >= 11 is 0.593. The number of hydrogen-bond donors (Lipinski definition) is 2. The topological polar surface area (TPSA) is 66.4 Å². The van der Waals surface area contributed by atoms with Gasteiger partial charge in [0.1, 0.15) is 0 Å². The van der Waals surface area contributed by atoms with E-state index in [9.17, 15) is 22.8 Å². The number of aryl methyl sites for hydroxylation is 1. The number of thioether (sulfide) groups is 1. The second-order valence-corrected chi connectivity index (χ2v) is 6.54. The number of nitrogens with one attached hydrogen (secondary N) is 1. The largest absolute Gasteiger partial charge is 0.481 e. The van der Waals surface area contributed by atoms with Crippen molar-refractivity contribution in [2.24, 2.45) is 11.8 Å². The number of aliphatic carboxylic acids is 1. The van der Waals surface area contributed by atoms with Crippen LogP contribution in [0, 0.1) is 18.8 Å². The third-order valence-electron chi connectivity index (χ3n) is 3.71. The summed E-state index contributed by atoms with van der Waals surface area (Å²) in [6.45, 7) is 1.76. The van der Waals surface area contributed by atoms with Gasteiger partial charge in [-0.05, 0) is 37.5 Å². The molecule has 23 heavy (non-hydrogen) atoms. The minimum absolute atomic E-state index is 0.292. The zero-order chi connectivity index (χ0) is 17.2. The van der Waals surface area contributed by atoms with Gasteiger partial charge in [0.15, 0.2) is 0 Å². The Hall–Kier alpha value is -1.70. The molecule has 2 atom stereocenters. The molecule has 126 valence electrons. The van der Waals surface area contributed by atoms with Crippen molar-refractivity contribution in [2.75, 3.05) is 11.1 Å². The molecule has 0 saturated heterocycles. The van der Waals surface area contributed by atoms with Crippen molar-refractivity contribution in [3.63, 3.8) is 0 Å². The van der Waals surface area contributed by atoms with Gasteiger partial charge in [-0.15, -0.1) is 11.8 Å². The molecule has 0 aliphatic heterocycles. The van der Waals surface area contributed by atoms with E-state index >= 15 is 0 Å². The molecule has 1 saturated carbocycles. The number of halogens is 3. The van der Waals surface area contributed by atoms with E-state index < -0.39 is 35.6 Å². The normalized spacial score (nSPS) is 20.7. The van der Waals surface area contributed by atoms with Gasteiger partial charge in [0.2, 0.25) is 5.91 Å². The quantitative estimate of drug-likeness (QED) is 0.797. The lowest BCUT2D eigenvalue weighted by Gasteiger charge is -2.32. The van der Waals surface area contributed by atoms with E-state index in [1.165, 1.54) is 6.07 Å². The van der Waals surface area contributed by atoms with Crippen molar-refractivity contribution >= 4 is 29.3 Å². The SMILES string of the molecule is Cc1ccc(SCC(F)(F)F)c(NC(=O)C2CCC2C(=O)O)c1. The molecule has 1 amide bonds. The van der Waals surface area contributed by atoms with Crippen molar-refractivity contribution < 1.29 is 27.9 Å². The zero-order valence-corrected chi connectivity index (χ0v) is 13.1. The van der Waals surface area contributed by atoms with Crippen molar-refractivity contribution in [1.82, 2.24) is 0 Å². The standard InChI is InChI=1S/C15H16F3NO3S/c1-8-2-5-12(23-7-15(16,17)18)11(6-8)19-13(20)9-3-4-10(9)14(21)22/h2,5-6,9-10H,3-4,7H2,1H3,(H,19,20)(H,21,22). The molecule has 1 fully saturated rings. The van der Waals surface area contributed by atoms with Crippen LogP contribution in [0.5, 0.6) is 0 Å². The van der Waals surface area contributed by atoms with Crippen LogP contribution in [0.3, 0.4) is 0 Å². The van der Waals surface area contributed by atoms with E-state index in [0.29, 0.717) is 35.2 Å². The number of benzene rings is 1. The number of amides is 1. The molecule has 1 aliphatic carbocycles. The fourth-order valence-electron chi connectivity index (χ4n) is 2.36. The van der Waals surface area contributed by atoms with Crippen LogP contribution >= 0.6 is 11.8 Å². The second kappa shape index (κ2) is 6.82. The maximum absolute atomic E-state index is 12.4. The molecule has 0 aromatic heterocycles. The number of carboxylic acids is 1. The molecule has 1 aromatic carbocycles. The number of carbonyl (C=O) groups is 2. The highest BCUT2D eigenvalue weighted by Gasteiger charge is 2.41. The number of carbonyl (C=O) groups excluding carboxylic acids is 1. The highest BCUT2D eigenvalue weighted by molar-refractivity contribution is 7.99. The molecule has 8 heteroatoms. The van der Waals surface area contributed by atoms with E-state index in [2.05, 4.69) is 5.32 Å². The minimum Gasteiger partial charge on any atom is -0.481 e. The summed E-state index contributed by atoms with van der Waals surface area (Å²) in [5.74, 6) is -3.88. The van der Waals surface area contributed by atoms with Crippen molar-refractivity contribution in [1.29, 1.82) is 0 Å². The van der Waals surface area contributed by atoms with Crippen LogP contribution in [0.15, 0.2) is 23.1 Å². The van der Waals surface area contributed by atoms with Crippen LogP contribution < -0.4 is 5.32 Å². The van der Waals surface area contributed by atoms with Crippen LogP contribution in [-0.4, -0.2) is 28.9 Å². The summed E-state index contributed by atoms with van der Waals surface area (Å²) < 4.78 is 37.1. The predicted molar refractivity (Wildman–Crippen MR) is 80.4 cm³/mol. The lowest BCUT2D eigenvalue weighted by Crippen LogP contribution is -2.41. The average molecular weight is 347 g/mol. The van der Waals surface area contributed by atoms with Crippen molar-refractivity contribution in [2.45, 2.75) is 30.8 Å². The number of alkyl halides is 3. The molecule has 1 aromatic rings. The Labute approximate surface area is 135 Å². The van der Waals surface area contributed by atoms with Gasteiger partial charge in [-0.2, -0.15) is 13.2 Å². The molecule has 0 bridgehead atoms. The van der Waals surface area contributed by atoms with Crippen LogP contribution in [0.1, 0.15) is 18.4 Å². The maximum Gasteiger partial charge on any atom is 0.398 e.